The van der Waals surface area contributed by atoms with Crippen molar-refractivity contribution in [3.8, 4) is 17.2 Å². The van der Waals surface area contributed by atoms with Gasteiger partial charge in [0.25, 0.3) is 0 Å². The summed E-state index contributed by atoms with van der Waals surface area (Å²) >= 11 is 0. The fraction of sp³-hybridized carbons (Fsp3) is 0.278. The maximum absolute atomic E-state index is 5.98. The van der Waals surface area contributed by atoms with Gasteiger partial charge in [0.1, 0.15) is 5.52 Å². The van der Waals surface area contributed by atoms with Crippen molar-refractivity contribution in [1.29, 1.82) is 0 Å². The van der Waals surface area contributed by atoms with Crippen molar-refractivity contribution in [3.63, 3.8) is 0 Å². The fourth-order valence-corrected chi connectivity index (χ4v) is 2.45. The SMILES string of the molecule is COc1ccc(C(C)(C)C)c2nc(-c3ccccc3)oc12. The van der Waals surface area contributed by atoms with Crippen LogP contribution in [0.3, 0.4) is 0 Å². The highest BCUT2D eigenvalue weighted by molar-refractivity contribution is 5.85. The lowest BCUT2D eigenvalue weighted by Gasteiger charge is -2.19. The number of benzene rings is 2. The Hall–Kier alpha value is -2.29. The van der Waals surface area contributed by atoms with Gasteiger partial charge in [0.2, 0.25) is 5.89 Å². The maximum Gasteiger partial charge on any atom is 0.227 e. The first-order chi connectivity index (χ1) is 10.0. The zero-order valence-electron chi connectivity index (χ0n) is 12.8. The second-order valence-electron chi connectivity index (χ2n) is 6.13. The molecule has 21 heavy (non-hydrogen) atoms. The molecule has 0 bridgehead atoms. The molecular formula is C18H19NO2. The van der Waals surface area contributed by atoms with E-state index in [1.54, 1.807) is 7.11 Å². The molecule has 3 nitrogen and oxygen atoms in total. The van der Waals surface area contributed by atoms with Crippen LogP contribution >= 0.6 is 0 Å². The molecule has 0 saturated carbocycles. The predicted molar refractivity (Wildman–Crippen MR) is 84.7 cm³/mol. The number of methoxy groups -OCH3 is 1. The van der Waals surface area contributed by atoms with E-state index in [0.29, 0.717) is 17.2 Å². The fourth-order valence-electron chi connectivity index (χ4n) is 2.45. The quantitative estimate of drug-likeness (QED) is 0.676. The predicted octanol–water partition coefficient (Wildman–Crippen LogP) is 4.80. The topological polar surface area (TPSA) is 35.3 Å². The minimum Gasteiger partial charge on any atom is -0.493 e. The van der Waals surface area contributed by atoms with Crippen LogP contribution in [-0.4, -0.2) is 12.1 Å². The molecule has 108 valence electrons. The van der Waals surface area contributed by atoms with Crippen molar-refractivity contribution in [2.24, 2.45) is 0 Å². The first-order valence-electron chi connectivity index (χ1n) is 7.04. The molecule has 0 spiro atoms. The molecule has 3 heteroatoms. The summed E-state index contributed by atoms with van der Waals surface area (Å²) in [6, 6.07) is 13.9. The molecule has 3 aromatic rings. The second-order valence-corrected chi connectivity index (χ2v) is 6.13. The van der Waals surface area contributed by atoms with Crippen molar-refractivity contribution >= 4 is 11.1 Å². The molecule has 0 radical (unpaired) electrons. The number of oxazole rings is 1. The third kappa shape index (κ3) is 2.40. The van der Waals surface area contributed by atoms with Crippen LogP contribution < -0.4 is 4.74 Å². The van der Waals surface area contributed by atoms with Gasteiger partial charge in [0.05, 0.1) is 7.11 Å². The molecule has 0 unspecified atom stereocenters. The van der Waals surface area contributed by atoms with Gasteiger partial charge in [-0.1, -0.05) is 45.0 Å². The van der Waals surface area contributed by atoms with Gasteiger partial charge >= 0.3 is 0 Å². The van der Waals surface area contributed by atoms with Crippen LogP contribution in [0.4, 0.5) is 0 Å². The van der Waals surface area contributed by atoms with E-state index in [4.69, 9.17) is 14.1 Å². The summed E-state index contributed by atoms with van der Waals surface area (Å²) in [6.07, 6.45) is 0. The minimum atomic E-state index is -0.00461. The summed E-state index contributed by atoms with van der Waals surface area (Å²) in [7, 11) is 1.65. The number of ether oxygens (including phenoxy) is 1. The molecule has 0 aliphatic heterocycles. The Labute approximate surface area is 124 Å². The Bertz CT molecular complexity index is 767. The first-order valence-corrected chi connectivity index (χ1v) is 7.04. The molecule has 0 aliphatic carbocycles. The number of hydrogen-bond donors (Lipinski definition) is 0. The summed E-state index contributed by atoms with van der Waals surface area (Å²) in [6.45, 7) is 6.52. The maximum atomic E-state index is 5.98. The van der Waals surface area contributed by atoms with Gasteiger partial charge in [-0.05, 0) is 29.2 Å². The molecular weight excluding hydrogens is 262 g/mol. The molecule has 2 aromatic carbocycles. The lowest BCUT2D eigenvalue weighted by Crippen LogP contribution is -2.11. The van der Waals surface area contributed by atoms with E-state index in [1.807, 2.05) is 36.4 Å². The van der Waals surface area contributed by atoms with Crippen LogP contribution in [0.1, 0.15) is 26.3 Å². The molecule has 0 saturated heterocycles. The highest BCUT2D eigenvalue weighted by Crippen LogP contribution is 2.37. The number of aromatic nitrogens is 1. The first kappa shape index (κ1) is 13.7. The van der Waals surface area contributed by atoms with Crippen LogP contribution in [0.5, 0.6) is 5.75 Å². The van der Waals surface area contributed by atoms with Gasteiger partial charge in [-0.2, -0.15) is 0 Å². The van der Waals surface area contributed by atoms with Crippen molar-refractivity contribution in [2.75, 3.05) is 7.11 Å². The zero-order chi connectivity index (χ0) is 15.0. The van der Waals surface area contributed by atoms with E-state index in [0.717, 1.165) is 16.6 Å². The third-order valence-corrected chi connectivity index (χ3v) is 3.56. The monoisotopic (exact) mass is 281 g/mol. The Morgan fingerprint density at radius 2 is 1.71 bits per heavy atom. The van der Waals surface area contributed by atoms with E-state index in [1.165, 1.54) is 0 Å². The van der Waals surface area contributed by atoms with Crippen LogP contribution in [-0.2, 0) is 5.41 Å². The Kier molecular flexibility index (Phi) is 3.20. The highest BCUT2D eigenvalue weighted by atomic mass is 16.5. The average Bonchev–Trinajstić information content (AvgIpc) is 2.90. The molecule has 0 N–H and O–H groups in total. The van der Waals surface area contributed by atoms with Gasteiger partial charge < -0.3 is 9.15 Å². The van der Waals surface area contributed by atoms with Gasteiger partial charge in [-0.15, -0.1) is 0 Å². The second kappa shape index (κ2) is 4.92. The van der Waals surface area contributed by atoms with Gasteiger partial charge in [0, 0.05) is 5.56 Å². The van der Waals surface area contributed by atoms with Crippen LogP contribution in [0, 0.1) is 0 Å². The molecule has 1 aromatic heterocycles. The zero-order valence-corrected chi connectivity index (χ0v) is 12.8. The molecule has 0 aliphatic rings. The van der Waals surface area contributed by atoms with E-state index in [9.17, 15) is 0 Å². The smallest absolute Gasteiger partial charge is 0.227 e. The molecule has 0 amide bonds. The standard InChI is InChI=1S/C18H19NO2/c1-18(2,3)13-10-11-14(20-4)16-15(13)19-17(21-16)12-8-6-5-7-9-12/h5-11H,1-4H3. The van der Waals surface area contributed by atoms with Gasteiger partial charge in [0.15, 0.2) is 11.3 Å². The van der Waals surface area contributed by atoms with Crippen LogP contribution in [0.2, 0.25) is 0 Å². The number of fused-ring (bicyclic) bond motifs is 1. The minimum absolute atomic E-state index is 0.00461. The number of rotatable bonds is 2. The lowest BCUT2D eigenvalue weighted by atomic mass is 9.86. The van der Waals surface area contributed by atoms with Gasteiger partial charge in [-0.25, -0.2) is 4.98 Å². The van der Waals surface area contributed by atoms with E-state index in [2.05, 4.69) is 26.8 Å². The van der Waals surface area contributed by atoms with Crippen molar-refractivity contribution in [1.82, 2.24) is 4.98 Å². The summed E-state index contributed by atoms with van der Waals surface area (Å²) in [5.41, 5.74) is 3.71. The molecule has 1 heterocycles. The number of nitrogens with zero attached hydrogens (tertiary/aromatic N) is 1. The molecule has 0 fully saturated rings. The summed E-state index contributed by atoms with van der Waals surface area (Å²) in [4.78, 5) is 4.71. The van der Waals surface area contributed by atoms with E-state index in [-0.39, 0.29) is 5.41 Å². The Balaban J connectivity index is 2.28. The normalized spacial score (nSPS) is 11.8. The van der Waals surface area contributed by atoms with Crippen LogP contribution in [0.25, 0.3) is 22.6 Å². The van der Waals surface area contributed by atoms with E-state index >= 15 is 0 Å². The van der Waals surface area contributed by atoms with Crippen molar-refractivity contribution in [3.05, 3.63) is 48.0 Å². The molecule has 3 rings (SSSR count). The largest absolute Gasteiger partial charge is 0.493 e. The third-order valence-electron chi connectivity index (χ3n) is 3.56. The van der Waals surface area contributed by atoms with Gasteiger partial charge in [-0.3, -0.25) is 0 Å². The lowest BCUT2D eigenvalue weighted by molar-refractivity contribution is 0.410. The summed E-state index contributed by atoms with van der Waals surface area (Å²) < 4.78 is 11.4. The Morgan fingerprint density at radius 3 is 2.33 bits per heavy atom. The van der Waals surface area contributed by atoms with Crippen LogP contribution in [0.15, 0.2) is 46.9 Å². The average molecular weight is 281 g/mol. The summed E-state index contributed by atoms with van der Waals surface area (Å²) in [5.74, 6) is 1.34. The van der Waals surface area contributed by atoms with Crippen molar-refractivity contribution < 1.29 is 9.15 Å². The Morgan fingerprint density at radius 1 is 1.00 bits per heavy atom. The van der Waals surface area contributed by atoms with E-state index < -0.39 is 0 Å². The van der Waals surface area contributed by atoms with Crippen molar-refractivity contribution in [2.45, 2.75) is 26.2 Å². The highest BCUT2D eigenvalue weighted by Gasteiger charge is 2.23. The molecule has 0 atom stereocenters. The summed E-state index contributed by atoms with van der Waals surface area (Å²) in [5, 5.41) is 0. The number of hydrogen-bond acceptors (Lipinski definition) is 3.